The Morgan fingerprint density at radius 2 is 1.70 bits per heavy atom. The van der Waals surface area contributed by atoms with Crippen LogP contribution in [-0.2, 0) is 10.0 Å². The third-order valence-corrected chi connectivity index (χ3v) is 5.45. The molecular weight excluding hydrogens is 310 g/mol. The zero-order valence-electron chi connectivity index (χ0n) is 14.2. The second-order valence-electron chi connectivity index (χ2n) is 5.83. The van der Waals surface area contributed by atoms with Crippen molar-refractivity contribution in [1.82, 2.24) is 4.72 Å². The first-order valence-electron chi connectivity index (χ1n) is 7.48. The molecule has 0 saturated heterocycles. The Bertz CT molecular complexity index is 813. The summed E-state index contributed by atoms with van der Waals surface area (Å²) in [6.45, 7) is 7.66. The normalized spacial score (nSPS) is 12.9. The van der Waals surface area contributed by atoms with E-state index in [1.807, 2.05) is 45.9 Å². The van der Waals surface area contributed by atoms with Gasteiger partial charge in [0.15, 0.2) is 0 Å². The molecule has 2 aromatic carbocycles. The minimum absolute atomic E-state index is 0.243. The fourth-order valence-electron chi connectivity index (χ4n) is 2.61. The van der Waals surface area contributed by atoms with E-state index in [4.69, 9.17) is 4.74 Å². The molecule has 1 atom stereocenters. The molecule has 0 aromatic heterocycles. The Labute approximate surface area is 138 Å². The first-order chi connectivity index (χ1) is 10.7. The molecule has 0 unspecified atom stereocenters. The number of rotatable bonds is 5. The quantitative estimate of drug-likeness (QED) is 0.908. The lowest BCUT2D eigenvalue weighted by Crippen LogP contribution is -2.27. The van der Waals surface area contributed by atoms with Crippen molar-refractivity contribution in [2.24, 2.45) is 0 Å². The van der Waals surface area contributed by atoms with Crippen molar-refractivity contribution in [3.8, 4) is 5.75 Å². The van der Waals surface area contributed by atoms with Crippen LogP contribution >= 0.6 is 0 Å². The summed E-state index contributed by atoms with van der Waals surface area (Å²) in [5, 5.41) is 0. The lowest BCUT2D eigenvalue weighted by molar-refractivity contribution is 0.411. The predicted octanol–water partition coefficient (Wildman–Crippen LogP) is 3.66. The molecule has 0 amide bonds. The van der Waals surface area contributed by atoms with Crippen LogP contribution in [0.4, 0.5) is 0 Å². The van der Waals surface area contributed by atoms with Crippen LogP contribution in [0.1, 0.15) is 35.2 Å². The molecule has 0 bridgehead atoms. The van der Waals surface area contributed by atoms with Crippen molar-refractivity contribution in [2.75, 3.05) is 7.11 Å². The van der Waals surface area contributed by atoms with Crippen LogP contribution in [0.15, 0.2) is 41.3 Å². The lowest BCUT2D eigenvalue weighted by atomic mass is 10.0. The van der Waals surface area contributed by atoms with Gasteiger partial charge in [0, 0.05) is 6.04 Å². The molecule has 1 N–H and O–H groups in total. The highest BCUT2D eigenvalue weighted by atomic mass is 32.2. The smallest absolute Gasteiger partial charge is 0.241 e. The topological polar surface area (TPSA) is 55.4 Å². The van der Waals surface area contributed by atoms with Gasteiger partial charge in [0.2, 0.25) is 10.0 Å². The minimum Gasteiger partial charge on any atom is -0.496 e. The highest BCUT2D eigenvalue weighted by Crippen LogP contribution is 2.24. The number of hydrogen-bond donors (Lipinski definition) is 1. The Morgan fingerprint density at radius 1 is 1.00 bits per heavy atom. The van der Waals surface area contributed by atoms with Gasteiger partial charge in [-0.15, -0.1) is 0 Å². The van der Waals surface area contributed by atoms with E-state index in [0.29, 0.717) is 5.75 Å². The largest absolute Gasteiger partial charge is 0.496 e. The van der Waals surface area contributed by atoms with Crippen LogP contribution in [-0.4, -0.2) is 15.5 Å². The summed E-state index contributed by atoms with van der Waals surface area (Å²) >= 11 is 0. The highest BCUT2D eigenvalue weighted by molar-refractivity contribution is 7.89. The van der Waals surface area contributed by atoms with E-state index in [1.54, 1.807) is 25.3 Å². The third kappa shape index (κ3) is 3.92. The Kier molecular flexibility index (Phi) is 5.12. The molecule has 0 saturated carbocycles. The number of methoxy groups -OCH3 is 1. The molecule has 0 radical (unpaired) electrons. The Morgan fingerprint density at radius 3 is 2.30 bits per heavy atom. The summed E-state index contributed by atoms with van der Waals surface area (Å²) in [6, 6.07) is 10.6. The fraction of sp³-hybridized carbons (Fsp3) is 0.333. The summed E-state index contributed by atoms with van der Waals surface area (Å²) in [5.74, 6) is 0.673. The van der Waals surface area contributed by atoms with Gasteiger partial charge in [-0.3, -0.25) is 0 Å². The molecule has 23 heavy (non-hydrogen) atoms. The molecular formula is C18H23NO3S. The van der Waals surface area contributed by atoms with Gasteiger partial charge in [-0.25, -0.2) is 13.1 Å². The van der Waals surface area contributed by atoms with E-state index in [0.717, 1.165) is 22.3 Å². The first kappa shape index (κ1) is 17.5. The average molecular weight is 333 g/mol. The van der Waals surface area contributed by atoms with Crippen LogP contribution in [0, 0.1) is 20.8 Å². The highest BCUT2D eigenvalue weighted by Gasteiger charge is 2.20. The monoisotopic (exact) mass is 333 g/mol. The first-order valence-corrected chi connectivity index (χ1v) is 8.97. The molecule has 0 aliphatic heterocycles. The van der Waals surface area contributed by atoms with Crippen LogP contribution in [0.3, 0.4) is 0 Å². The van der Waals surface area contributed by atoms with Crippen molar-refractivity contribution in [3.63, 3.8) is 0 Å². The summed E-state index contributed by atoms with van der Waals surface area (Å²) in [4.78, 5) is 0.243. The van der Waals surface area contributed by atoms with Crippen LogP contribution in [0.25, 0.3) is 0 Å². The summed E-state index contributed by atoms with van der Waals surface area (Å²) in [5.41, 5.74) is 3.95. The minimum atomic E-state index is -3.59. The maximum Gasteiger partial charge on any atom is 0.241 e. The third-order valence-electron chi connectivity index (χ3n) is 3.91. The molecule has 124 valence electrons. The van der Waals surface area contributed by atoms with Gasteiger partial charge in [-0.2, -0.15) is 0 Å². The molecule has 2 rings (SSSR count). The average Bonchev–Trinajstić information content (AvgIpc) is 2.49. The number of sulfonamides is 1. The zero-order valence-corrected chi connectivity index (χ0v) is 15.0. The molecule has 0 heterocycles. The van der Waals surface area contributed by atoms with E-state index in [-0.39, 0.29) is 10.9 Å². The molecule has 5 heteroatoms. The van der Waals surface area contributed by atoms with Gasteiger partial charge < -0.3 is 4.74 Å². The van der Waals surface area contributed by atoms with E-state index in [9.17, 15) is 8.42 Å². The Hall–Kier alpha value is -1.85. The van der Waals surface area contributed by atoms with Crippen molar-refractivity contribution in [1.29, 1.82) is 0 Å². The van der Waals surface area contributed by atoms with Crippen LogP contribution in [0.2, 0.25) is 0 Å². The van der Waals surface area contributed by atoms with Crippen LogP contribution in [0.5, 0.6) is 5.75 Å². The molecule has 0 fully saturated rings. The summed E-state index contributed by atoms with van der Waals surface area (Å²) < 4.78 is 33.2. The zero-order chi connectivity index (χ0) is 17.2. The molecule has 0 aliphatic rings. The predicted molar refractivity (Wildman–Crippen MR) is 92.4 cm³/mol. The van der Waals surface area contributed by atoms with Gasteiger partial charge in [0.05, 0.1) is 12.0 Å². The number of ether oxygens (including phenoxy) is 1. The van der Waals surface area contributed by atoms with Gasteiger partial charge in [-0.1, -0.05) is 23.8 Å². The molecule has 0 spiro atoms. The number of nitrogens with one attached hydrogen (secondary N) is 1. The van der Waals surface area contributed by atoms with Crippen molar-refractivity contribution in [3.05, 3.63) is 58.7 Å². The number of benzene rings is 2. The SMILES string of the molecule is COc1ccc(S(=O)(=O)N[C@@H](C)c2cc(C)ccc2C)cc1C. The van der Waals surface area contributed by atoms with E-state index in [2.05, 4.69) is 4.72 Å². The van der Waals surface area contributed by atoms with Gasteiger partial charge in [0.25, 0.3) is 0 Å². The van der Waals surface area contributed by atoms with Crippen molar-refractivity contribution < 1.29 is 13.2 Å². The lowest BCUT2D eigenvalue weighted by Gasteiger charge is -2.18. The molecule has 0 aliphatic carbocycles. The van der Waals surface area contributed by atoms with E-state index < -0.39 is 10.0 Å². The van der Waals surface area contributed by atoms with Crippen molar-refractivity contribution in [2.45, 2.75) is 38.6 Å². The standard InChI is InChI=1S/C18H23NO3S/c1-12-6-7-13(2)17(10-12)15(4)19-23(20,21)16-8-9-18(22-5)14(3)11-16/h6-11,15,19H,1-5H3/t15-/m0/s1. The van der Waals surface area contributed by atoms with Gasteiger partial charge >= 0.3 is 0 Å². The fourth-order valence-corrected chi connectivity index (χ4v) is 3.92. The second-order valence-corrected chi connectivity index (χ2v) is 7.55. The number of hydrogen-bond acceptors (Lipinski definition) is 3. The van der Waals surface area contributed by atoms with Crippen molar-refractivity contribution >= 4 is 10.0 Å². The maximum absolute atomic E-state index is 12.6. The maximum atomic E-state index is 12.6. The second kappa shape index (κ2) is 6.72. The van der Waals surface area contributed by atoms with Crippen LogP contribution < -0.4 is 9.46 Å². The van der Waals surface area contributed by atoms with E-state index in [1.165, 1.54) is 0 Å². The molecule has 2 aromatic rings. The van der Waals surface area contributed by atoms with E-state index >= 15 is 0 Å². The summed E-state index contributed by atoms with van der Waals surface area (Å²) in [7, 11) is -2.02. The number of aryl methyl sites for hydroxylation is 3. The summed E-state index contributed by atoms with van der Waals surface area (Å²) in [6.07, 6.45) is 0. The van der Waals surface area contributed by atoms with Gasteiger partial charge in [0.1, 0.15) is 5.75 Å². The Balaban J connectivity index is 2.30. The van der Waals surface area contributed by atoms with Gasteiger partial charge in [-0.05, 0) is 62.6 Å². The molecule has 4 nitrogen and oxygen atoms in total.